The van der Waals surface area contributed by atoms with Gasteiger partial charge in [-0.2, -0.15) is 0 Å². The Morgan fingerprint density at radius 1 is 0.905 bits per heavy atom. The van der Waals surface area contributed by atoms with E-state index >= 15 is 0 Å². The normalized spacial score (nSPS) is 11.6. The molecule has 2 aromatic carbocycles. The maximum atomic E-state index is 11.2. The molecule has 0 amide bonds. The minimum Gasteiger partial charge on any atom is -0.377 e. The second-order valence-corrected chi connectivity index (χ2v) is 5.16. The van der Waals surface area contributed by atoms with Crippen LogP contribution in [0.15, 0.2) is 72.8 Å². The minimum atomic E-state index is -1.08. The van der Waals surface area contributed by atoms with Crippen molar-refractivity contribution in [1.29, 1.82) is 0 Å². The summed E-state index contributed by atoms with van der Waals surface area (Å²) in [6.07, 6.45) is 3.87. The highest BCUT2D eigenvalue weighted by molar-refractivity contribution is 5.85. The van der Waals surface area contributed by atoms with E-state index in [0.717, 1.165) is 17.7 Å². The van der Waals surface area contributed by atoms with Crippen LogP contribution in [0.2, 0.25) is 0 Å². The summed E-state index contributed by atoms with van der Waals surface area (Å²) in [6, 6.07) is 19.5. The Morgan fingerprint density at radius 3 is 1.71 bits per heavy atom. The summed E-state index contributed by atoms with van der Waals surface area (Å²) in [5.41, 5.74) is 0.667. The van der Waals surface area contributed by atoms with Crippen molar-refractivity contribution in [1.82, 2.24) is 4.90 Å². The molecule has 0 heterocycles. The van der Waals surface area contributed by atoms with E-state index in [0.29, 0.717) is 0 Å². The van der Waals surface area contributed by atoms with E-state index < -0.39 is 5.60 Å². The van der Waals surface area contributed by atoms with Crippen molar-refractivity contribution in [2.45, 2.75) is 5.60 Å². The van der Waals surface area contributed by atoms with Gasteiger partial charge in [-0.3, -0.25) is 0 Å². The Kier molecular flexibility index (Phi) is 6.63. The van der Waals surface area contributed by atoms with Crippen LogP contribution in [0.1, 0.15) is 11.1 Å². The molecule has 0 aromatic heterocycles. The smallest absolute Gasteiger partial charge is 0.133 e. The number of aliphatic hydroxyl groups is 1. The first-order valence-corrected chi connectivity index (χ1v) is 6.79. The summed E-state index contributed by atoms with van der Waals surface area (Å²) in [5.74, 6) is 0. The molecule has 0 unspecified atom stereocenters. The van der Waals surface area contributed by atoms with Crippen molar-refractivity contribution >= 4 is 12.4 Å². The van der Waals surface area contributed by atoms with Crippen molar-refractivity contribution in [3.63, 3.8) is 0 Å². The van der Waals surface area contributed by atoms with E-state index in [1.165, 1.54) is 0 Å². The molecule has 2 nitrogen and oxygen atoms in total. The van der Waals surface area contributed by atoms with Crippen LogP contribution in [-0.4, -0.2) is 30.6 Å². The quantitative estimate of drug-likeness (QED) is 0.855. The van der Waals surface area contributed by atoms with Gasteiger partial charge in [-0.15, -0.1) is 12.4 Å². The summed E-state index contributed by atoms with van der Waals surface area (Å²) in [6.45, 7) is 0.794. The molecule has 112 valence electrons. The van der Waals surface area contributed by atoms with Gasteiger partial charge in [0, 0.05) is 6.54 Å². The predicted octanol–water partition coefficient (Wildman–Crippen LogP) is 3.46. The molecule has 0 aliphatic heterocycles. The second kappa shape index (κ2) is 7.99. The topological polar surface area (TPSA) is 23.5 Å². The lowest BCUT2D eigenvalue weighted by Gasteiger charge is -2.26. The molecule has 0 saturated heterocycles. The standard InChI is InChI=1S/C18H21NO.ClH/c1-19(2)15-9-14-18(20,16-10-5-3-6-11-16)17-12-7-4-8-13-17;/h3-14,20H,15H2,1-2H3;1H. The lowest BCUT2D eigenvalue weighted by molar-refractivity contribution is 0.134. The fourth-order valence-corrected chi connectivity index (χ4v) is 2.18. The molecule has 0 spiro atoms. The van der Waals surface area contributed by atoms with E-state index in [1.807, 2.05) is 86.9 Å². The Hall–Kier alpha value is -1.61. The van der Waals surface area contributed by atoms with E-state index in [9.17, 15) is 5.11 Å². The maximum Gasteiger partial charge on any atom is 0.133 e. The fourth-order valence-electron chi connectivity index (χ4n) is 2.18. The highest BCUT2D eigenvalue weighted by Crippen LogP contribution is 2.30. The third-order valence-electron chi connectivity index (χ3n) is 3.26. The molecule has 0 bridgehead atoms. The molecule has 0 saturated carbocycles. The van der Waals surface area contributed by atoms with Crippen LogP contribution in [0.4, 0.5) is 0 Å². The molecule has 0 aliphatic rings. The number of nitrogens with zero attached hydrogens (tertiary/aromatic N) is 1. The number of likely N-dealkylation sites (N-methyl/N-ethyl adjacent to an activating group) is 1. The van der Waals surface area contributed by atoms with Crippen molar-refractivity contribution in [3.8, 4) is 0 Å². The number of hydrogen-bond donors (Lipinski definition) is 1. The Balaban J connectivity index is 0.00000220. The molecule has 1 N–H and O–H groups in total. The van der Waals surface area contributed by atoms with Gasteiger partial charge in [0.2, 0.25) is 0 Å². The van der Waals surface area contributed by atoms with Gasteiger partial charge in [-0.25, -0.2) is 0 Å². The maximum absolute atomic E-state index is 11.2. The molecule has 0 atom stereocenters. The second-order valence-electron chi connectivity index (χ2n) is 5.16. The van der Waals surface area contributed by atoms with Gasteiger partial charge in [0.15, 0.2) is 0 Å². The Bertz CT molecular complexity index is 512. The number of benzene rings is 2. The van der Waals surface area contributed by atoms with Crippen LogP contribution in [0.5, 0.6) is 0 Å². The predicted molar refractivity (Wildman–Crippen MR) is 90.8 cm³/mol. The van der Waals surface area contributed by atoms with Gasteiger partial charge in [-0.05, 0) is 31.3 Å². The first kappa shape index (κ1) is 17.4. The third kappa shape index (κ3) is 4.43. The van der Waals surface area contributed by atoms with Crippen LogP contribution in [0.3, 0.4) is 0 Å². The summed E-state index contributed by atoms with van der Waals surface area (Å²) in [7, 11) is 4.02. The summed E-state index contributed by atoms with van der Waals surface area (Å²) in [5, 5.41) is 11.2. The van der Waals surface area contributed by atoms with Crippen LogP contribution in [0.25, 0.3) is 0 Å². The van der Waals surface area contributed by atoms with Crippen LogP contribution >= 0.6 is 12.4 Å². The SMILES string of the molecule is CN(C)CC=CC(O)(c1ccccc1)c1ccccc1.Cl. The molecule has 0 radical (unpaired) electrons. The van der Waals surface area contributed by atoms with E-state index in [1.54, 1.807) is 0 Å². The molecule has 21 heavy (non-hydrogen) atoms. The van der Waals surface area contributed by atoms with Crippen molar-refractivity contribution < 1.29 is 5.11 Å². The Labute approximate surface area is 133 Å². The first-order valence-electron chi connectivity index (χ1n) is 6.79. The highest BCUT2D eigenvalue weighted by atomic mass is 35.5. The average Bonchev–Trinajstić information content (AvgIpc) is 2.48. The van der Waals surface area contributed by atoms with Crippen molar-refractivity contribution in [2.24, 2.45) is 0 Å². The van der Waals surface area contributed by atoms with Crippen LogP contribution in [0, 0.1) is 0 Å². The lowest BCUT2D eigenvalue weighted by Crippen LogP contribution is -2.25. The molecular formula is C18H22ClNO. The van der Waals surface area contributed by atoms with Crippen LogP contribution < -0.4 is 0 Å². The highest BCUT2D eigenvalue weighted by Gasteiger charge is 2.27. The zero-order chi connectivity index (χ0) is 14.4. The minimum absolute atomic E-state index is 0. The number of halogens is 1. The van der Waals surface area contributed by atoms with Gasteiger partial charge >= 0.3 is 0 Å². The van der Waals surface area contributed by atoms with Crippen LogP contribution in [-0.2, 0) is 5.60 Å². The molecule has 3 heteroatoms. The molecule has 2 aromatic rings. The van der Waals surface area contributed by atoms with Gasteiger partial charge in [0.1, 0.15) is 5.60 Å². The van der Waals surface area contributed by atoms with Crippen molar-refractivity contribution in [3.05, 3.63) is 83.9 Å². The number of hydrogen-bond acceptors (Lipinski definition) is 2. The summed E-state index contributed by atoms with van der Waals surface area (Å²) < 4.78 is 0. The fraction of sp³-hybridized carbons (Fsp3) is 0.222. The molecule has 0 aliphatic carbocycles. The Morgan fingerprint density at radius 2 is 1.33 bits per heavy atom. The van der Waals surface area contributed by atoms with E-state index in [-0.39, 0.29) is 12.4 Å². The van der Waals surface area contributed by atoms with E-state index in [4.69, 9.17) is 0 Å². The zero-order valence-corrected chi connectivity index (χ0v) is 13.3. The van der Waals surface area contributed by atoms with Gasteiger partial charge in [-0.1, -0.05) is 66.7 Å². The van der Waals surface area contributed by atoms with Crippen molar-refractivity contribution in [2.75, 3.05) is 20.6 Å². The van der Waals surface area contributed by atoms with E-state index in [2.05, 4.69) is 4.90 Å². The third-order valence-corrected chi connectivity index (χ3v) is 3.26. The number of rotatable bonds is 5. The average molecular weight is 304 g/mol. The van der Waals surface area contributed by atoms with Gasteiger partial charge in [0.25, 0.3) is 0 Å². The largest absolute Gasteiger partial charge is 0.377 e. The van der Waals surface area contributed by atoms with Gasteiger partial charge < -0.3 is 10.0 Å². The molecule has 2 rings (SSSR count). The summed E-state index contributed by atoms with van der Waals surface area (Å²) in [4.78, 5) is 2.06. The molecular weight excluding hydrogens is 282 g/mol. The monoisotopic (exact) mass is 303 g/mol. The molecule has 0 fully saturated rings. The summed E-state index contributed by atoms with van der Waals surface area (Å²) >= 11 is 0. The lowest BCUT2D eigenvalue weighted by atomic mass is 9.86. The van der Waals surface area contributed by atoms with Gasteiger partial charge in [0.05, 0.1) is 0 Å². The zero-order valence-electron chi connectivity index (χ0n) is 12.4. The first-order chi connectivity index (χ1) is 9.63.